The standard InChI is InChI=1S/C26H36N4O2/c1-24-13-19-14-25(2,16-24)18-26(15-19,17-24)28-23(31)22-20-5-3-4-7-30(20)21(27-22)6-8-29-9-11-32-12-10-29/h3-5,7,19H,6,8-18H2,1-2H3,(H,28,31). The van der Waals surface area contributed by atoms with Gasteiger partial charge in [-0.15, -0.1) is 0 Å². The highest BCUT2D eigenvalue weighted by atomic mass is 16.5. The second-order valence-corrected chi connectivity index (χ2v) is 11.9. The highest BCUT2D eigenvalue weighted by Gasteiger charge is 2.60. The number of pyridine rings is 1. The number of hydrogen-bond acceptors (Lipinski definition) is 4. The Kier molecular flexibility index (Phi) is 4.71. The van der Waals surface area contributed by atoms with Gasteiger partial charge >= 0.3 is 0 Å². The van der Waals surface area contributed by atoms with Gasteiger partial charge in [0.05, 0.1) is 18.7 Å². The van der Waals surface area contributed by atoms with E-state index in [1.807, 2.05) is 24.4 Å². The van der Waals surface area contributed by atoms with E-state index in [0.717, 1.165) is 75.8 Å². The summed E-state index contributed by atoms with van der Waals surface area (Å²) in [6.07, 6.45) is 10.2. The molecular formula is C26H36N4O2. The maximum Gasteiger partial charge on any atom is 0.272 e. The molecule has 0 radical (unpaired) electrons. The second-order valence-electron chi connectivity index (χ2n) is 11.9. The number of carbonyl (C=O) groups excluding carboxylic acids is 1. The minimum Gasteiger partial charge on any atom is -0.379 e. The number of carbonyl (C=O) groups is 1. The number of rotatable bonds is 5. The van der Waals surface area contributed by atoms with Crippen LogP contribution in [-0.2, 0) is 11.2 Å². The molecule has 4 bridgehead atoms. The zero-order chi connectivity index (χ0) is 22.0. The van der Waals surface area contributed by atoms with E-state index in [1.165, 1.54) is 19.3 Å². The fraction of sp³-hybridized carbons (Fsp3) is 0.692. The van der Waals surface area contributed by atoms with Crippen molar-refractivity contribution >= 4 is 11.4 Å². The smallest absolute Gasteiger partial charge is 0.272 e. The Hall–Kier alpha value is -1.92. The Balaban J connectivity index is 1.25. The van der Waals surface area contributed by atoms with Gasteiger partial charge in [-0.25, -0.2) is 4.98 Å². The van der Waals surface area contributed by atoms with Crippen LogP contribution < -0.4 is 5.32 Å². The van der Waals surface area contributed by atoms with Crippen LogP contribution in [0.25, 0.3) is 5.52 Å². The van der Waals surface area contributed by atoms with Gasteiger partial charge in [0.15, 0.2) is 5.69 Å². The largest absolute Gasteiger partial charge is 0.379 e. The average molecular weight is 437 g/mol. The highest BCUT2D eigenvalue weighted by Crippen LogP contribution is 2.66. The summed E-state index contributed by atoms with van der Waals surface area (Å²) in [6, 6.07) is 6.06. The second kappa shape index (κ2) is 7.29. The lowest BCUT2D eigenvalue weighted by atomic mass is 9.43. The Bertz CT molecular complexity index is 1020. The number of morpholine rings is 1. The third-order valence-corrected chi connectivity index (χ3v) is 8.60. The zero-order valence-electron chi connectivity index (χ0n) is 19.5. The van der Waals surface area contributed by atoms with Gasteiger partial charge in [-0.05, 0) is 67.4 Å². The van der Waals surface area contributed by atoms with Gasteiger partial charge in [0.2, 0.25) is 0 Å². The van der Waals surface area contributed by atoms with Crippen LogP contribution in [0.3, 0.4) is 0 Å². The molecule has 4 aliphatic carbocycles. The lowest BCUT2D eigenvalue weighted by molar-refractivity contribution is -0.114. The molecule has 5 fully saturated rings. The molecule has 7 rings (SSSR count). The summed E-state index contributed by atoms with van der Waals surface area (Å²) in [7, 11) is 0. The molecule has 1 amide bonds. The van der Waals surface area contributed by atoms with Crippen molar-refractivity contribution in [2.75, 3.05) is 32.8 Å². The first-order valence-electron chi connectivity index (χ1n) is 12.4. The molecule has 1 aliphatic heterocycles. The van der Waals surface area contributed by atoms with E-state index < -0.39 is 0 Å². The van der Waals surface area contributed by atoms with E-state index in [1.54, 1.807) is 0 Å². The number of fused-ring (bicyclic) bond motifs is 1. The number of imidazole rings is 1. The van der Waals surface area contributed by atoms with Crippen LogP contribution in [0.5, 0.6) is 0 Å². The fourth-order valence-electron chi connectivity index (χ4n) is 8.41. The van der Waals surface area contributed by atoms with Crippen molar-refractivity contribution in [2.45, 2.75) is 64.3 Å². The predicted molar refractivity (Wildman–Crippen MR) is 124 cm³/mol. The van der Waals surface area contributed by atoms with E-state index in [2.05, 4.69) is 28.5 Å². The molecular weight excluding hydrogens is 400 g/mol. The average Bonchev–Trinajstić information content (AvgIpc) is 3.09. The number of amides is 1. The maximum atomic E-state index is 13.7. The van der Waals surface area contributed by atoms with Crippen molar-refractivity contribution in [1.29, 1.82) is 0 Å². The van der Waals surface area contributed by atoms with Crippen molar-refractivity contribution < 1.29 is 9.53 Å². The minimum absolute atomic E-state index is 0.0143. The zero-order valence-corrected chi connectivity index (χ0v) is 19.5. The van der Waals surface area contributed by atoms with Gasteiger partial charge in [-0.3, -0.25) is 9.69 Å². The Morgan fingerprint density at radius 1 is 1.12 bits per heavy atom. The number of ether oxygens (including phenoxy) is 1. The van der Waals surface area contributed by atoms with Gasteiger partial charge in [0.1, 0.15) is 5.82 Å². The highest BCUT2D eigenvalue weighted by molar-refractivity contribution is 5.99. The molecule has 6 heteroatoms. The molecule has 2 aromatic heterocycles. The summed E-state index contributed by atoms with van der Waals surface area (Å²) in [4.78, 5) is 21.0. The lowest BCUT2D eigenvalue weighted by Crippen LogP contribution is -2.65. The molecule has 32 heavy (non-hydrogen) atoms. The summed E-state index contributed by atoms with van der Waals surface area (Å²) < 4.78 is 7.58. The lowest BCUT2D eigenvalue weighted by Gasteiger charge is -2.65. The number of aromatic nitrogens is 2. The monoisotopic (exact) mass is 436 g/mol. The summed E-state index contributed by atoms with van der Waals surface area (Å²) in [5.41, 5.74) is 2.21. The molecule has 4 saturated carbocycles. The Labute approximate surface area is 190 Å². The van der Waals surface area contributed by atoms with Gasteiger partial charge in [-0.1, -0.05) is 19.9 Å². The summed E-state index contributed by atoms with van der Waals surface area (Å²) in [6.45, 7) is 9.39. The van der Waals surface area contributed by atoms with Crippen LogP contribution >= 0.6 is 0 Å². The quantitative estimate of drug-likeness (QED) is 0.777. The van der Waals surface area contributed by atoms with E-state index in [4.69, 9.17) is 9.72 Å². The van der Waals surface area contributed by atoms with Gasteiger partial charge in [-0.2, -0.15) is 0 Å². The summed E-state index contributed by atoms with van der Waals surface area (Å²) >= 11 is 0. The molecule has 172 valence electrons. The van der Waals surface area contributed by atoms with Gasteiger partial charge < -0.3 is 14.5 Å². The van der Waals surface area contributed by atoms with Crippen LogP contribution in [0.15, 0.2) is 24.4 Å². The van der Waals surface area contributed by atoms with Crippen molar-refractivity contribution in [2.24, 2.45) is 16.7 Å². The molecule has 0 spiro atoms. The first-order chi connectivity index (χ1) is 15.3. The maximum absolute atomic E-state index is 13.7. The first kappa shape index (κ1) is 20.7. The van der Waals surface area contributed by atoms with Crippen molar-refractivity contribution in [1.82, 2.24) is 19.6 Å². The van der Waals surface area contributed by atoms with Crippen LogP contribution in [0.2, 0.25) is 0 Å². The van der Waals surface area contributed by atoms with Crippen LogP contribution in [-0.4, -0.2) is 58.6 Å². The molecule has 2 atom stereocenters. The topological polar surface area (TPSA) is 58.9 Å². The minimum atomic E-state index is -0.0569. The van der Waals surface area contributed by atoms with Crippen molar-refractivity contribution in [3.63, 3.8) is 0 Å². The Morgan fingerprint density at radius 2 is 1.88 bits per heavy atom. The van der Waals surface area contributed by atoms with Crippen LogP contribution in [0.4, 0.5) is 0 Å². The molecule has 1 saturated heterocycles. The molecule has 2 aromatic rings. The van der Waals surface area contributed by atoms with Crippen molar-refractivity contribution in [3.8, 4) is 0 Å². The number of nitrogens with one attached hydrogen (secondary N) is 1. The number of hydrogen-bond donors (Lipinski definition) is 1. The SMILES string of the molecule is CC12CC3CC(C)(C1)CC(NC(=O)c1nc(CCN4CCOCC4)n4ccccc14)(C3)C2. The van der Waals surface area contributed by atoms with Crippen LogP contribution in [0.1, 0.15) is 68.7 Å². The normalized spacial score (nSPS) is 36.6. The third-order valence-electron chi connectivity index (χ3n) is 8.60. The molecule has 1 N–H and O–H groups in total. The van der Waals surface area contributed by atoms with Gasteiger partial charge in [0, 0.05) is 37.8 Å². The molecule has 2 unspecified atom stereocenters. The third kappa shape index (κ3) is 3.56. The van der Waals surface area contributed by atoms with Crippen molar-refractivity contribution in [3.05, 3.63) is 35.9 Å². The van der Waals surface area contributed by atoms with E-state index in [0.29, 0.717) is 16.5 Å². The Morgan fingerprint density at radius 3 is 2.59 bits per heavy atom. The van der Waals surface area contributed by atoms with Crippen LogP contribution in [0, 0.1) is 16.7 Å². The van der Waals surface area contributed by atoms with E-state index in [9.17, 15) is 4.79 Å². The molecule has 5 aliphatic rings. The molecule has 6 nitrogen and oxygen atoms in total. The van der Waals surface area contributed by atoms with Gasteiger partial charge in [0.25, 0.3) is 5.91 Å². The molecule has 0 aromatic carbocycles. The fourth-order valence-corrected chi connectivity index (χ4v) is 8.41. The predicted octanol–water partition coefficient (Wildman–Crippen LogP) is 3.69. The first-order valence-corrected chi connectivity index (χ1v) is 12.4. The van der Waals surface area contributed by atoms with E-state index >= 15 is 0 Å². The number of nitrogens with zero attached hydrogens (tertiary/aromatic N) is 3. The summed E-state index contributed by atoms with van der Waals surface area (Å²) in [5, 5.41) is 3.56. The molecule has 3 heterocycles. The van der Waals surface area contributed by atoms with E-state index in [-0.39, 0.29) is 11.4 Å². The summed E-state index contributed by atoms with van der Waals surface area (Å²) in [5.74, 6) is 1.74.